The average Bonchev–Trinajstić information content (AvgIpc) is 3.40. The molecule has 1 atom stereocenters. The second-order valence-electron chi connectivity index (χ2n) is 7.12. The Hall–Kier alpha value is -3.00. The van der Waals surface area contributed by atoms with E-state index >= 15 is 0 Å². The molecule has 0 bridgehead atoms. The van der Waals surface area contributed by atoms with E-state index in [1.54, 1.807) is 12.1 Å². The van der Waals surface area contributed by atoms with Crippen LogP contribution in [0.3, 0.4) is 0 Å². The smallest absolute Gasteiger partial charge is 0.368 e. The summed E-state index contributed by atoms with van der Waals surface area (Å²) in [6.45, 7) is 5.32. The molecule has 1 aliphatic heterocycles. The van der Waals surface area contributed by atoms with E-state index in [1.165, 1.54) is 4.68 Å². The molecule has 28 heavy (non-hydrogen) atoms. The molecule has 8 nitrogen and oxygen atoms in total. The molecule has 1 saturated heterocycles. The highest BCUT2D eigenvalue weighted by Gasteiger charge is 2.22. The van der Waals surface area contributed by atoms with Gasteiger partial charge in [0, 0.05) is 30.1 Å². The lowest BCUT2D eigenvalue weighted by Gasteiger charge is -2.14. The molecule has 0 unspecified atom stereocenters. The summed E-state index contributed by atoms with van der Waals surface area (Å²) >= 11 is 0. The predicted molar refractivity (Wildman–Crippen MR) is 103 cm³/mol. The number of para-hydroxylation sites is 1. The maximum Gasteiger partial charge on any atom is 0.368 e. The first-order chi connectivity index (χ1) is 13.5. The minimum absolute atomic E-state index is 0.143. The number of nitrogens with zero attached hydrogens (tertiary/aromatic N) is 5. The molecule has 0 aliphatic carbocycles. The first-order valence-electron chi connectivity index (χ1n) is 9.44. The van der Waals surface area contributed by atoms with Gasteiger partial charge in [0.05, 0.1) is 11.8 Å². The van der Waals surface area contributed by atoms with Crippen molar-refractivity contribution >= 4 is 5.78 Å². The van der Waals surface area contributed by atoms with Gasteiger partial charge < -0.3 is 9.30 Å². The monoisotopic (exact) mass is 381 g/mol. The summed E-state index contributed by atoms with van der Waals surface area (Å²) in [6, 6.07) is 10.9. The number of benzene rings is 1. The third-order valence-electron chi connectivity index (χ3n) is 5.22. The lowest BCUT2D eigenvalue weighted by atomic mass is 10.1. The van der Waals surface area contributed by atoms with E-state index in [9.17, 15) is 9.59 Å². The van der Waals surface area contributed by atoms with Crippen LogP contribution < -0.4 is 5.69 Å². The van der Waals surface area contributed by atoms with Gasteiger partial charge in [-0.25, -0.2) is 4.79 Å². The van der Waals surface area contributed by atoms with Crippen molar-refractivity contribution in [2.75, 3.05) is 6.61 Å². The van der Waals surface area contributed by atoms with E-state index < -0.39 is 5.69 Å². The van der Waals surface area contributed by atoms with E-state index in [0.717, 1.165) is 42.1 Å². The van der Waals surface area contributed by atoms with Crippen molar-refractivity contribution in [1.82, 2.24) is 24.4 Å². The number of hydrogen-bond donors (Lipinski definition) is 0. The van der Waals surface area contributed by atoms with Gasteiger partial charge in [-0.05, 0) is 55.3 Å². The third-order valence-corrected chi connectivity index (χ3v) is 5.22. The summed E-state index contributed by atoms with van der Waals surface area (Å²) in [5, 5.41) is 7.76. The Labute approximate surface area is 162 Å². The molecular weight excluding hydrogens is 358 g/mol. The number of ether oxygens (including phenoxy) is 1. The fraction of sp³-hybridized carbons (Fsp3) is 0.400. The summed E-state index contributed by atoms with van der Waals surface area (Å²) in [6.07, 6.45) is 2.31. The van der Waals surface area contributed by atoms with Gasteiger partial charge in [0.15, 0.2) is 5.78 Å². The number of hydrogen-bond acceptors (Lipinski definition) is 5. The Morgan fingerprint density at radius 1 is 1.21 bits per heavy atom. The van der Waals surface area contributed by atoms with Crippen molar-refractivity contribution in [3.8, 4) is 5.69 Å². The van der Waals surface area contributed by atoms with Crippen LogP contribution in [-0.2, 0) is 17.8 Å². The number of carbonyl (C=O) groups excluding carboxylic acids is 1. The zero-order valence-electron chi connectivity index (χ0n) is 16.0. The van der Waals surface area contributed by atoms with Gasteiger partial charge in [0.25, 0.3) is 0 Å². The quantitative estimate of drug-likeness (QED) is 0.609. The van der Waals surface area contributed by atoms with Crippen LogP contribution in [0.5, 0.6) is 0 Å². The van der Waals surface area contributed by atoms with Crippen LogP contribution >= 0.6 is 0 Å². The molecule has 1 aliphatic rings. The largest absolute Gasteiger partial charge is 0.376 e. The lowest BCUT2D eigenvalue weighted by Crippen LogP contribution is -2.27. The summed E-state index contributed by atoms with van der Waals surface area (Å²) in [7, 11) is 0. The zero-order chi connectivity index (χ0) is 19.7. The minimum Gasteiger partial charge on any atom is -0.376 e. The predicted octanol–water partition coefficient (Wildman–Crippen LogP) is 1.91. The first-order valence-corrected chi connectivity index (χ1v) is 9.44. The number of ketones is 1. The minimum atomic E-state index is -0.437. The number of tetrazole rings is 1. The molecule has 0 saturated carbocycles. The van der Waals surface area contributed by atoms with Crippen LogP contribution in [0.25, 0.3) is 5.69 Å². The van der Waals surface area contributed by atoms with Crippen LogP contribution in [0, 0.1) is 13.8 Å². The number of carbonyl (C=O) groups is 1. The second-order valence-corrected chi connectivity index (χ2v) is 7.12. The first kappa shape index (κ1) is 18.4. The molecule has 0 N–H and O–H groups in total. The Kier molecular flexibility index (Phi) is 4.95. The van der Waals surface area contributed by atoms with Crippen molar-refractivity contribution in [3.05, 3.63) is 63.8 Å². The summed E-state index contributed by atoms with van der Waals surface area (Å²) in [5.41, 5.74) is 2.68. The normalized spacial score (nSPS) is 16.6. The third kappa shape index (κ3) is 3.43. The van der Waals surface area contributed by atoms with Crippen LogP contribution in [0.15, 0.2) is 41.2 Å². The van der Waals surface area contributed by atoms with Gasteiger partial charge in [-0.3, -0.25) is 4.79 Å². The Balaban J connectivity index is 1.55. The molecule has 4 rings (SSSR count). The van der Waals surface area contributed by atoms with Crippen molar-refractivity contribution < 1.29 is 9.53 Å². The van der Waals surface area contributed by atoms with Crippen LogP contribution in [0.2, 0.25) is 0 Å². The summed E-state index contributed by atoms with van der Waals surface area (Å²) < 4.78 is 10.1. The van der Waals surface area contributed by atoms with Gasteiger partial charge in [-0.15, -0.1) is 0 Å². The van der Waals surface area contributed by atoms with Gasteiger partial charge in [0.1, 0.15) is 6.54 Å². The number of Topliss-reactive ketones (excluding diaryl/α,β-unsaturated/α-hetero) is 1. The zero-order valence-corrected chi connectivity index (χ0v) is 16.0. The highest BCUT2D eigenvalue weighted by molar-refractivity contribution is 5.97. The van der Waals surface area contributed by atoms with Gasteiger partial charge in [0.2, 0.25) is 0 Å². The molecule has 146 valence electrons. The Morgan fingerprint density at radius 3 is 2.71 bits per heavy atom. The maximum atomic E-state index is 12.9. The molecule has 3 aromatic rings. The molecule has 1 aromatic carbocycles. The number of aromatic nitrogens is 5. The topological polar surface area (TPSA) is 83.9 Å². The van der Waals surface area contributed by atoms with Crippen molar-refractivity contribution in [1.29, 1.82) is 0 Å². The second kappa shape index (κ2) is 7.55. The maximum absolute atomic E-state index is 12.9. The summed E-state index contributed by atoms with van der Waals surface area (Å²) in [5.74, 6) is -0.158. The van der Waals surface area contributed by atoms with Crippen molar-refractivity contribution in [2.24, 2.45) is 0 Å². The van der Waals surface area contributed by atoms with Gasteiger partial charge in [-0.1, -0.05) is 18.2 Å². The van der Waals surface area contributed by atoms with Gasteiger partial charge in [-0.2, -0.15) is 9.36 Å². The Bertz CT molecular complexity index is 1040. The number of rotatable bonds is 6. The molecule has 0 spiro atoms. The average molecular weight is 381 g/mol. The van der Waals surface area contributed by atoms with E-state index in [4.69, 9.17) is 4.74 Å². The molecule has 0 radical (unpaired) electrons. The van der Waals surface area contributed by atoms with E-state index in [-0.39, 0.29) is 18.4 Å². The molecule has 0 amide bonds. The molecule has 1 fully saturated rings. The van der Waals surface area contributed by atoms with E-state index in [2.05, 4.69) is 15.0 Å². The molecule has 2 aromatic heterocycles. The van der Waals surface area contributed by atoms with Crippen molar-refractivity contribution in [3.63, 3.8) is 0 Å². The van der Waals surface area contributed by atoms with Crippen LogP contribution in [0.1, 0.15) is 34.6 Å². The Morgan fingerprint density at radius 2 is 2.00 bits per heavy atom. The SMILES string of the molecule is Cc1cc(C(=O)Cn2nnn(-c3ccccc3)c2=O)c(C)n1C[C@H]1CCCO1. The van der Waals surface area contributed by atoms with Crippen molar-refractivity contribution in [2.45, 2.75) is 45.9 Å². The molecule has 8 heteroatoms. The number of aryl methyl sites for hydroxylation is 1. The highest BCUT2D eigenvalue weighted by atomic mass is 16.5. The van der Waals surface area contributed by atoms with Crippen LogP contribution in [-0.4, -0.2) is 42.9 Å². The highest BCUT2D eigenvalue weighted by Crippen LogP contribution is 2.21. The van der Waals surface area contributed by atoms with E-state index in [0.29, 0.717) is 11.3 Å². The summed E-state index contributed by atoms with van der Waals surface area (Å²) in [4.78, 5) is 25.4. The lowest BCUT2D eigenvalue weighted by molar-refractivity contribution is 0.0945. The standard InChI is InChI=1S/C20H23N5O3/c1-14-11-18(15(2)23(14)12-17-9-6-10-28-17)19(26)13-24-20(27)25(22-21-24)16-7-4-3-5-8-16/h3-5,7-8,11,17H,6,9-10,12-13H2,1-2H3/t17-/m1/s1. The molecular formula is C20H23N5O3. The van der Waals surface area contributed by atoms with E-state index in [1.807, 2.05) is 38.1 Å². The van der Waals surface area contributed by atoms with Gasteiger partial charge >= 0.3 is 5.69 Å². The fourth-order valence-corrected chi connectivity index (χ4v) is 3.68. The van der Waals surface area contributed by atoms with Crippen LogP contribution in [0.4, 0.5) is 0 Å². The fourth-order valence-electron chi connectivity index (χ4n) is 3.68. The molecule has 3 heterocycles.